The van der Waals surface area contributed by atoms with Gasteiger partial charge in [-0.25, -0.2) is 0 Å². The average molecular weight is 266 g/mol. The molecule has 96 valence electrons. The number of halogens is 1. The van der Waals surface area contributed by atoms with E-state index >= 15 is 0 Å². The molecule has 0 aromatic heterocycles. The Balaban J connectivity index is 0.00000162. The molecular weight excluding hydrogens is 250 g/mol. The molecule has 4 nitrogen and oxygen atoms in total. The van der Waals surface area contributed by atoms with Crippen molar-refractivity contribution in [1.29, 1.82) is 5.26 Å². The summed E-state index contributed by atoms with van der Waals surface area (Å²) in [7, 11) is 0. The van der Waals surface area contributed by atoms with E-state index in [0.717, 1.165) is 19.6 Å². The van der Waals surface area contributed by atoms with E-state index in [1.54, 1.807) is 24.3 Å². The molecule has 0 bridgehead atoms. The molecule has 1 aromatic rings. The highest BCUT2D eigenvalue weighted by molar-refractivity contribution is 5.94. The van der Waals surface area contributed by atoms with Gasteiger partial charge in [-0.05, 0) is 31.2 Å². The normalized spacial score (nSPS) is 18.7. The number of piperazine rings is 1. The summed E-state index contributed by atoms with van der Waals surface area (Å²) in [5.41, 5.74) is 1.23. The zero-order valence-electron chi connectivity index (χ0n) is 10.2. The monoisotopic (exact) mass is 265 g/mol. The number of carbonyl (C=O) groups excluding carboxylic acids is 1. The minimum atomic E-state index is 0. The summed E-state index contributed by atoms with van der Waals surface area (Å²) < 4.78 is 0. The summed E-state index contributed by atoms with van der Waals surface area (Å²) in [5.74, 6) is 0.0443. The van der Waals surface area contributed by atoms with Gasteiger partial charge in [0, 0.05) is 31.2 Å². The van der Waals surface area contributed by atoms with E-state index in [2.05, 4.69) is 12.2 Å². The molecule has 1 atom stereocenters. The van der Waals surface area contributed by atoms with Gasteiger partial charge in [0.1, 0.15) is 0 Å². The van der Waals surface area contributed by atoms with Crippen molar-refractivity contribution in [3.8, 4) is 6.07 Å². The van der Waals surface area contributed by atoms with Crippen LogP contribution in [0.25, 0.3) is 0 Å². The lowest BCUT2D eigenvalue weighted by molar-refractivity contribution is 0.0709. The van der Waals surface area contributed by atoms with Crippen molar-refractivity contribution in [3.63, 3.8) is 0 Å². The summed E-state index contributed by atoms with van der Waals surface area (Å²) >= 11 is 0. The molecule has 0 saturated carbocycles. The lowest BCUT2D eigenvalue weighted by atomic mass is 10.1. The Morgan fingerprint density at radius 1 is 1.44 bits per heavy atom. The Hall–Kier alpha value is -1.57. The van der Waals surface area contributed by atoms with Gasteiger partial charge in [0.05, 0.1) is 11.6 Å². The first-order valence-corrected chi connectivity index (χ1v) is 5.73. The highest BCUT2D eigenvalue weighted by atomic mass is 35.5. The predicted octanol–water partition coefficient (Wildman–Crippen LogP) is 1.41. The van der Waals surface area contributed by atoms with Crippen LogP contribution in [0.2, 0.25) is 0 Å². The Labute approximate surface area is 113 Å². The number of amides is 1. The molecule has 0 radical (unpaired) electrons. The lowest BCUT2D eigenvalue weighted by Gasteiger charge is -2.31. The molecule has 0 aliphatic carbocycles. The lowest BCUT2D eigenvalue weighted by Crippen LogP contribution is -2.51. The Morgan fingerprint density at radius 3 is 2.67 bits per heavy atom. The van der Waals surface area contributed by atoms with Crippen LogP contribution in [0, 0.1) is 11.3 Å². The number of benzene rings is 1. The number of nitrogens with one attached hydrogen (secondary N) is 1. The SMILES string of the molecule is C[C@H]1CN(C(=O)c2ccc(C#N)cc2)CCN1.Cl. The minimum absolute atomic E-state index is 0. The largest absolute Gasteiger partial charge is 0.336 e. The maximum Gasteiger partial charge on any atom is 0.253 e. The highest BCUT2D eigenvalue weighted by Crippen LogP contribution is 2.09. The molecule has 1 heterocycles. The van der Waals surface area contributed by atoms with E-state index in [1.165, 1.54) is 0 Å². The van der Waals surface area contributed by atoms with Crippen LogP contribution < -0.4 is 5.32 Å². The van der Waals surface area contributed by atoms with Crippen LogP contribution in [-0.2, 0) is 0 Å². The number of nitrogens with zero attached hydrogens (tertiary/aromatic N) is 2. The van der Waals surface area contributed by atoms with Gasteiger partial charge >= 0.3 is 0 Å². The van der Waals surface area contributed by atoms with E-state index in [1.807, 2.05) is 11.0 Å². The van der Waals surface area contributed by atoms with Crippen LogP contribution in [-0.4, -0.2) is 36.5 Å². The topological polar surface area (TPSA) is 56.1 Å². The maximum atomic E-state index is 12.2. The summed E-state index contributed by atoms with van der Waals surface area (Å²) in [6.45, 7) is 4.38. The number of rotatable bonds is 1. The van der Waals surface area contributed by atoms with Crippen LogP contribution in [0.15, 0.2) is 24.3 Å². The van der Waals surface area contributed by atoms with E-state index < -0.39 is 0 Å². The van der Waals surface area contributed by atoms with Gasteiger partial charge < -0.3 is 10.2 Å². The molecule has 1 N–H and O–H groups in total. The Kier molecular flexibility index (Phi) is 5.14. The van der Waals surface area contributed by atoms with E-state index in [9.17, 15) is 4.79 Å². The first-order valence-electron chi connectivity index (χ1n) is 5.73. The second-order valence-corrected chi connectivity index (χ2v) is 4.30. The average Bonchev–Trinajstić information content (AvgIpc) is 2.38. The van der Waals surface area contributed by atoms with Crippen LogP contribution in [0.1, 0.15) is 22.8 Å². The zero-order chi connectivity index (χ0) is 12.3. The van der Waals surface area contributed by atoms with Gasteiger partial charge in [0.15, 0.2) is 0 Å². The Bertz CT molecular complexity index is 452. The summed E-state index contributed by atoms with van der Waals surface area (Å²) in [5, 5.41) is 12.0. The number of hydrogen-bond acceptors (Lipinski definition) is 3. The maximum absolute atomic E-state index is 12.2. The van der Waals surface area contributed by atoms with Crippen molar-refractivity contribution in [2.75, 3.05) is 19.6 Å². The molecule has 1 aliphatic rings. The van der Waals surface area contributed by atoms with Crippen LogP contribution in [0.5, 0.6) is 0 Å². The van der Waals surface area contributed by atoms with E-state index in [0.29, 0.717) is 17.2 Å². The van der Waals surface area contributed by atoms with Gasteiger partial charge in [-0.2, -0.15) is 5.26 Å². The van der Waals surface area contributed by atoms with Crippen LogP contribution in [0.4, 0.5) is 0 Å². The van der Waals surface area contributed by atoms with Gasteiger partial charge in [0.2, 0.25) is 0 Å². The Morgan fingerprint density at radius 2 is 2.11 bits per heavy atom. The van der Waals surface area contributed by atoms with Crippen molar-refractivity contribution in [1.82, 2.24) is 10.2 Å². The molecule has 1 aliphatic heterocycles. The summed E-state index contributed by atoms with van der Waals surface area (Å²) in [6, 6.07) is 9.17. The van der Waals surface area contributed by atoms with Gasteiger partial charge in [-0.1, -0.05) is 0 Å². The third kappa shape index (κ3) is 3.22. The molecule has 5 heteroatoms. The molecule has 1 fully saturated rings. The second-order valence-electron chi connectivity index (χ2n) is 4.30. The first-order chi connectivity index (χ1) is 8.20. The van der Waals surface area contributed by atoms with Gasteiger partial charge in [-0.3, -0.25) is 4.79 Å². The molecule has 1 saturated heterocycles. The fourth-order valence-corrected chi connectivity index (χ4v) is 1.99. The second kappa shape index (κ2) is 6.39. The quantitative estimate of drug-likeness (QED) is 0.835. The smallest absolute Gasteiger partial charge is 0.253 e. The number of hydrogen-bond donors (Lipinski definition) is 1. The third-order valence-electron chi connectivity index (χ3n) is 2.92. The van der Waals surface area contributed by atoms with Crippen molar-refractivity contribution < 1.29 is 4.79 Å². The molecule has 18 heavy (non-hydrogen) atoms. The van der Waals surface area contributed by atoms with Crippen molar-refractivity contribution in [2.24, 2.45) is 0 Å². The number of carbonyl (C=O) groups is 1. The highest BCUT2D eigenvalue weighted by Gasteiger charge is 2.21. The standard InChI is InChI=1S/C13H15N3O.ClH/c1-10-9-16(7-6-15-10)13(17)12-4-2-11(8-14)3-5-12;/h2-5,10,15H,6-7,9H2,1H3;1H/t10-;/m0./s1. The fraction of sp³-hybridized carbons (Fsp3) is 0.385. The molecule has 0 spiro atoms. The molecule has 2 rings (SSSR count). The van der Waals surface area contributed by atoms with E-state index in [-0.39, 0.29) is 18.3 Å². The van der Waals surface area contributed by atoms with E-state index in [4.69, 9.17) is 5.26 Å². The van der Waals surface area contributed by atoms with Crippen LogP contribution >= 0.6 is 12.4 Å². The fourth-order valence-electron chi connectivity index (χ4n) is 1.99. The third-order valence-corrected chi connectivity index (χ3v) is 2.92. The number of nitriles is 1. The molecule has 0 unspecified atom stereocenters. The predicted molar refractivity (Wildman–Crippen MR) is 71.8 cm³/mol. The van der Waals surface area contributed by atoms with Gasteiger partial charge in [-0.15, -0.1) is 12.4 Å². The van der Waals surface area contributed by atoms with Crippen molar-refractivity contribution >= 4 is 18.3 Å². The molecular formula is C13H16ClN3O. The van der Waals surface area contributed by atoms with Crippen molar-refractivity contribution in [2.45, 2.75) is 13.0 Å². The summed E-state index contributed by atoms with van der Waals surface area (Å²) in [4.78, 5) is 14.0. The zero-order valence-corrected chi connectivity index (χ0v) is 11.0. The molecule has 1 aromatic carbocycles. The van der Waals surface area contributed by atoms with Gasteiger partial charge in [0.25, 0.3) is 5.91 Å². The van der Waals surface area contributed by atoms with Crippen LogP contribution in [0.3, 0.4) is 0 Å². The first kappa shape index (κ1) is 14.5. The van der Waals surface area contributed by atoms with Crippen molar-refractivity contribution in [3.05, 3.63) is 35.4 Å². The summed E-state index contributed by atoms with van der Waals surface area (Å²) in [6.07, 6.45) is 0. The molecule has 1 amide bonds. The minimum Gasteiger partial charge on any atom is -0.336 e.